The summed E-state index contributed by atoms with van der Waals surface area (Å²) in [5.41, 5.74) is 0. The zero-order valence-electron chi connectivity index (χ0n) is 16.2. The van der Waals surface area contributed by atoms with E-state index in [1.54, 1.807) is 0 Å². The predicted octanol–water partition coefficient (Wildman–Crippen LogP) is 2.89. The highest BCUT2D eigenvalue weighted by Crippen LogP contribution is 2.16. The van der Waals surface area contributed by atoms with E-state index in [9.17, 15) is 0 Å². The molecular formula is C20H30N6S. The fourth-order valence-electron chi connectivity index (χ4n) is 3.19. The van der Waals surface area contributed by atoms with E-state index >= 15 is 0 Å². The highest BCUT2D eigenvalue weighted by molar-refractivity contribution is 7.99. The molecule has 0 aliphatic carbocycles. The number of hydrogen-bond acceptors (Lipinski definition) is 4. The fraction of sp³-hybridized carbons (Fsp3) is 0.550. The topological polar surface area (TPSA) is 67.1 Å². The summed E-state index contributed by atoms with van der Waals surface area (Å²) in [4.78, 5) is 6.01. The summed E-state index contributed by atoms with van der Waals surface area (Å²) < 4.78 is 2.30. The summed E-state index contributed by atoms with van der Waals surface area (Å²) in [6.07, 6.45) is 5.63. The quantitative estimate of drug-likeness (QED) is 0.316. The summed E-state index contributed by atoms with van der Waals surface area (Å²) >= 11 is 1.85. The van der Waals surface area contributed by atoms with Crippen molar-refractivity contribution in [3.05, 3.63) is 42.0 Å². The van der Waals surface area contributed by atoms with Crippen molar-refractivity contribution in [3.63, 3.8) is 0 Å². The Hall–Kier alpha value is -2.02. The normalized spacial score (nSPS) is 14.5. The highest BCUT2D eigenvalue weighted by Gasteiger charge is 2.14. The lowest BCUT2D eigenvalue weighted by Gasteiger charge is -2.11. The summed E-state index contributed by atoms with van der Waals surface area (Å²) in [6, 6.07) is 10.5. The second-order valence-electron chi connectivity index (χ2n) is 6.59. The Morgan fingerprint density at radius 2 is 2.04 bits per heavy atom. The van der Waals surface area contributed by atoms with Gasteiger partial charge in [-0.05, 0) is 31.9 Å². The van der Waals surface area contributed by atoms with Crippen molar-refractivity contribution in [2.45, 2.75) is 50.5 Å². The molecule has 7 heteroatoms. The van der Waals surface area contributed by atoms with Crippen molar-refractivity contribution < 1.29 is 0 Å². The number of aliphatic imine (C=N–C) groups is 1. The molecule has 27 heavy (non-hydrogen) atoms. The molecule has 0 atom stereocenters. The number of benzene rings is 1. The van der Waals surface area contributed by atoms with Gasteiger partial charge in [0.1, 0.15) is 11.6 Å². The highest BCUT2D eigenvalue weighted by atomic mass is 32.2. The van der Waals surface area contributed by atoms with E-state index in [1.165, 1.54) is 24.2 Å². The van der Waals surface area contributed by atoms with Crippen LogP contribution in [0.4, 0.5) is 0 Å². The van der Waals surface area contributed by atoms with E-state index in [1.807, 2.05) is 17.8 Å². The predicted molar refractivity (Wildman–Crippen MR) is 112 cm³/mol. The van der Waals surface area contributed by atoms with Crippen LogP contribution in [0.5, 0.6) is 0 Å². The molecular weight excluding hydrogens is 356 g/mol. The molecule has 146 valence electrons. The molecule has 0 saturated heterocycles. The maximum Gasteiger partial charge on any atom is 0.191 e. The lowest BCUT2D eigenvalue weighted by molar-refractivity contribution is 0.604. The zero-order valence-corrected chi connectivity index (χ0v) is 17.0. The Labute approximate surface area is 166 Å². The molecule has 0 bridgehead atoms. The lowest BCUT2D eigenvalue weighted by Crippen LogP contribution is -2.38. The minimum absolute atomic E-state index is 0.722. The van der Waals surface area contributed by atoms with Gasteiger partial charge in [-0.25, -0.2) is 0 Å². The first-order chi connectivity index (χ1) is 13.4. The van der Waals surface area contributed by atoms with Crippen LogP contribution in [-0.4, -0.2) is 46.1 Å². The molecule has 0 saturated carbocycles. The molecule has 0 radical (unpaired) electrons. The number of nitrogens with zero attached hydrogens (tertiary/aromatic N) is 4. The number of hydrogen-bond donors (Lipinski definition) is 2. The largest absolute Gasteiger partial charge is 0.357 e. The van der Waals surface area contributed by atoms with Crippen molar-refractivity contribution in [2.24, 2.45) is 4.99 Å². The summed E-state index contributed by atoms with van der Waals surface area (Å²) in [5.74, 6) is 4.11. The van der Waals surface area contributed by atoms with Crippen LogP contribution in [0.25, 0.3) is 0 Å². The fourth-order valence-corrected chi connectivity index (χ4v) is 3.98. The smallest absolute Gasteiger partial charge is 0.191 e. The minimum Gasteiger partial charge on any atom is -0.357 e. The van der Waals surface area contributed by atoms with E-state index in [2.05, 4.69) is 56.6 Å². The molecule has 2 heterocycles. The molecule has 1 aromatic heterocycles. The first-order valence-corrected chi connectivity index (χ1v) is 11.0. The van der Waals surface area contributed by atoms with Gasteiger partial charge in [0.25, 0.3) is 0 Å². The van der Waals surface area contributed by atoms with Crippen LogP contribution in [0.15, 0.2) is 40.2 Å². The van der Waals surface area contributed by atoms with Crippen LogP contribution < -0.4 is 10.6 Å². The monoisotopic (exact) mass is 386 g/mol. The van der Waals surface area contributed by atoms with Gasteiger partial charge in [-0.15, -0.1) is 22.0 Å². The van der Waals surface area contributed by atoms with Gasteiger partial charge in [0.15, 0.2) is 5.96 Å². The molecule has 0 unspecified atom stereocenters. The third-order valence-corrected chi connectivity index (χ3v) is 5.56. The van der Waals surface area contributed by atoms with Gasteiger partial charge in [0.05, 0.1) is 0 Å². The van der Waals surface area contributed by atoms with Gasteiger partial charge in [-0.1, -0.05) is 24.6 Å². The number of fused-ring (bicyclic) bond motifs is 1. The number of thioether (sulfide) groups is 1. The van der Waals surface area contributed by atoms with Crippen molar-refractivity contribution in [1.29, 1.82) is 0 Å². The molecule has 0 amide bonds. The Bertz CT molecular complexity index is 713. The first kappa shape index (κ1) is 19.7. The number of aromatic nitrogens is 3. The summed E-state index contributed by atoms with van der Waals surface area (Å²) in [6.45, 7) is 5.60. The Morgan fingerprint density at radius 3 is 2.89 bits per heavy atom. The average Bonchev–Trinajstić information content (AvgIpc) is 2.92. The maximum absolute atomic E-state index is 4.71. The molecule has 2 N–H and O–H groups in total. The standard InChI is InChI=1S/C20H30N6S/c1-2-21-20(23-14-16-27-17-9-5-3-6-10-17)22-13-12-19-25-24-18-11-7-4-8-15-26(18)19/h3,5-6,9-10H,2,4,7-8,11-16H2,1H3,(H2,21,22,23). The van der Waals surface area contributed by atoms with E-state index in [0.29, 0.717) is 0 Å². The molecule has 1 aromatic carbocycles. The van der Waals surface area contributed by atoms with Gasteiger partial charge in [0, 0.05) is 49.7 Å². The van der Waals surface area contributed by atoms with Gasteiger partial charge in [-0.3, -0.25) is 4.99 Å². The van der Waals surface area contributed by atoms with Crippen molar-refractivity contribution in [1.82, 2.24) is 25.4 Å². The summed E-state index contributed by atoms with van der Waals surface area (Å²) in [5, 5.41) is 15.5. The van der Waals surface area contributed by atoms with Gasteiger partial charge in [0.2, 0.25) is 0 Å². The first-order valence-electron chi connectivity index (χ1n) is 9.98. The van der Waals surface area contributed by atoms with Gasteiger partial charge in [-0.2, -0.15) is 0 Å². The third kappa shape index (κ3) is 6.27. The van der Waals surface area contributed by atoms with Crippen LogP contribution in [0.3, 0.4) is 0 Å². The maximum atomic E-state index is 4.71. The second-order valence-corrected chi connectivity index (χ2v) is 7.76. The molecule has 0 fully saturated rings. The van der Waals surface area contributed by atoms with E-state index < -0.39 is 0 Å². The van der Waals surface area contributed by atoms with Crippen LogP contribution >= 0.6 is 11.8 Å². The van der Waals surface area contributed by atoms with E-state index in [4.69, 9.17) is 4.99 Å². The van der Waals surface area contributed by atoms with Crippen molar-refractivity contribution in [3.8, 4) is 0 Å². The van der Waals surface area contributed by atoms with Crippen LogP contribution in [0.1, 0.15) is 37.8 Å². The molecule has 3 rings (SSSR count). The van der Waals surface area contributed by atoms with Crippen LogP contribution in [0.2, 0.25) is 0 Å². The molecule has 2 aromatic rings. The number of guanidine groups is 1. The Morgan fingerprint density at radius 1 is 1.15 bits per heavy atom. The summed E-state index contributed by atoms with van der Waals surface area (Å²) in [7, 11) is 0. The molecule has 1 aliphatic heterocycles. The van der Waals surface area contributed by atoms with Crippen molar-refractivity contribution in [2.75, 3.05) is 25.4 Å². The van der Waals surface area contributed by atoms with E-state index in [-0.39, 0.29) is 0 Å². The number of nitrogens with one attached hydrogen (secondary N) is 2. The average molecular weight is 387 g/mol. The minimum atomic E-state index is 0.722. The third-order valence-electron chi connectivity index (χ3n) is 4.54. The lowest BCUT2D eigenvalue weighted by atomic mass is 10.2. The Balaban J connectivity index is 1.45. The van der Waals surface area contributed by atoms with E-state index in [0.717, 1.165) is 62.4 Å². The second kappa shape index (κ2) is 11.0. The Kier molecular flexibility index (Phi) is 8.02. The SMILES string of the molecule is CCNC(=NCCc1nnc2n1CCCCC2)NCCSc1ccccc1. The molecule has 0 spiro atoms. The van der Waals surface area contributed by atoms with Crippen molar-refractivity contribution >= 4 is 17.7 Å². The number of rotatable bonds is 8. The van der Waals surface area contributed by atoms with Gasteiger partial charge < -0.3 is 15.2 Å². The van der Waals surface area contributed by atoms with Crippen LogP contribution in [-0.2, 0) is 19.4 Å². The van der Waals surface area contributed by atoms with Gasteiger partial charge >= 0.3 is 0 Å². The van der Waals surface area contributed by atoms with Crippen LogP contribution in [0, 0.1) is 0 Å². The molecule has 1 aliphatic rings. The number of aryl methyl sites for hydroxylation is 1. The molecule has 6 nitrogen and oxygen atoms in total. The zero-order chi connectivity index (χ0) is 18.7.